The van der Waals surface area contributed by atoms with E-state index in [9.17, 15) is 0 Å². The number of hydrogen-bond donors (Lipinski definition) is 0. The molecule has 0 N–H and O–H groups in total. The highest BCUT2D eigenvalue weighted by atomic mass is 31.2. The summed E-state index contributed by atoms with van der Waals surface area (Å²) >= 11 is 0. The third kappa shape index (κ3) is 4.90. The molecule has 0 bridgehead atoms. The molecule has 59 heavy (non-hydrogen) atoms. The topological polar surface area (TPSA) is 109 Å². The van der Waals surface area contributed by atoms with Gasteiger partial charge in [0.1, 0.15) is 16.3 Å². The lowest BCUT2D eigenvalue weighted by atomic mass is 10.2. The Balaban J connectivity index is 1.12. The lowest BCUT2D eigenvalue weighted by Crippen LogP contribution is -2.32. The van der Waals surface area contributed by atoms with Crippen molar-refractivity contribution in [1.82, 2.24) is 43.6 Å². The van der Waals surface area contributed by atoms with Gasteiger partial charge in [-0.2, -0.15) is 0 Å². The average molecular weight is 780 g/mol. The fourth-order valence-corrected chi connectivity index (χ4v) is 10.9. The van der Waals surface area contributed by atoms with Gasteiger partial charge in [0.25, 0.3) is 0 Å². The van der Waals surface area contributed by atoms with Gasteiger partial charge in [-0.05, 0) is 54.6 Å². The summed E-state index contributed by atoms with van der Waals surface area (Å²) in [6, 6.07) is 54.2. The van der Waals surface area contributed by atoms with Gasteiger partial charge in [0.15, 0.2) is 0 Å². The van der Waals surface area contributed by atoms with Gasteiger partial charge in [0.2, 0.25) is 25.0 Å². The van der Waals surface area contributed by atoms with Crippen LogP contribution in [0.2, 0.25) is 0 Å². The molecule has 0 unspecified atom stereocenters. The Bertz CT molecular complexity index is 3150. The largest absolute Gasteiger partial charge is 0.304 e. The SMILES string of the molecule is O=P(c1ccnc(-n2c3ccccc3c3ccccc32)n1)(c1ccnc(-n2c3ccccc3c3ccccc32)n1)c1ccnc(-n2c3ccccc3c3ccccc32)n1. The molecule has 11 heteroatoms. The van der Waals surface area contributed by atoms with Crippen LogP contribution in [0.15, 0.2) is 182 Å². The molecule has 0 aliphatic heterocycles. The Morgan fingerprint density at radius 1 is 0.305 bits per heavy atom. The van der Waals surface area contributed by atoms with E-state index in [1.54, 1.807) is 36.8 Å². The van der Waals surface area contributed by atoms with Gasteiger partial charge in [-0.3, -0.25) is 13.7 Å². The highest BCUT2D eigenvalue weighted by molar-refractivity contribution is 7.84. The van der Waals surface area contributed by atoms with Gasteiger partial charge < -0.3 is 4.57 Å². The Labute approximate surface area is 336 Å². The van der Waals surface area contributed by atoms with Crippen LogP contribution in [0.3, 0.4) is 0 Å². The molecule has 0 amide bonds. The Morgan fingerprint density at radius 2 is 0.525 bits per heavy atom. The highest BCUT2D eigenvalue weighted by Gasteiger charge is 2.37. The molecule has 10 nitrogen and oxygen atoms in total. The lowest BCUT2D eigenvalue weighted by Gasteiger charge is -2.19. The van der Waals surface area contributed by atoms with E-state index in [1.165, 1.54) is 0 Å². The molecular weight excluding hydrogens is 750 g/mol. The number of nitrogens with zero attached hydrogens (tertiary/aromatic N) is 9. The fraction of sp³-hybridized carbons (Fsp3) is 0. The van der Waals surface area contributed by atoms with Crippen molar-refractivity contribution in [3.05, 3.63) is 182 Å². The van der Waals surface area contributed by atoms with Crippen molar-refractivity contribution in [2.45, 2.75) is 0 Å². The summed E-state index contributed by atoms with van der Waals surface area (Å²) in [5.41, 5.74) is 6.46. The van der Waals surface area contributed by atoms with Crippen molar-refractivity contribution in [3.8, 4) is 17.8 Å². The average Bonchev–Trinajstić information content (AvgIpc) is 3.95. The minimum atomic E-state index is -4.02. The summed E-state index contributed by atoms with van der Waals surface area (Å²) in [6.07, 6.45) is 4.99. The van der Waals surface area contributed by atoms with E-state index in [0.29, 0.717) is 17.8 Å². The van der Waals surface area contributed by atoms with Crippen LogP contribution in [0.5, 0.6) is 0 Å². The lowest BCUT2D eigenvalue weighted by molar-refractivity contribution is 0.590. The van der Waals surface area contributed by atoms with Crippen LogP contribution in [0, 0.1) is 0 Å². The minimum Gasteiger partial charge on any atom is -0.304 e. The maximum atomic E-state index is 16.7. The fourth-order valence-electron chi connectivity index (χ4n) is 8.63. The molecule has 12 rings (SSSR count). The number of fused-ring (bicyclic) bond motifs is 9. The molecule has 0 saturated heterocycles. The van der Waals surface area contributed by atoms with Crippen molar-refractivity contribution in [1.29, 1.82) is 0 Å². The summed E-state index contributed by atoms with van der Waals surface area (Å²) < 4.78 is 22.7. The first-order valence-electron chi connectivity index (χ1n) is 19.2. The van der Waals surface area contributed by atoms with Crippen LogP contribution in [0.1, 0.15) is 0 Å². The van der Waals surface area contributed by atoms with Crippen LogP contribution in [-0.2, 0) is 4.57 Å². The zero-order valence-corrected chi connectivity index (χ0v) is 32.1. The number of rotatable bonds is 6. The molecule has 6 aromatic carbocycles. The van der Waals surface area contributed by atoms with Gasteiger partial charge in [-0.15, -0.1) is 0 Å². The molecule has 12 aromatic rings. The molecule has 278 valence electrons. The molecule has 6 heterocycles. The van der Waals surface area contributed by atoms with Gasteiger partial charge in [-0.25, -0.2) is 29.9 Å². The molecule has 0 atom stereocenters. The molecule has 0 radical (unpaired) electrons. The van der Waals surface area contributed by atoms with Gasteiger partial charge in [0, 0.05) is 50.9 Å². The van der Waals surface area contributed by atoms with Crippen LogP contribution in [0.25, 0.3) is 83.3 Å². The summed E-state index contributed by atoms with van der Waals surface area (Å²) in [6.45, 7) is 0. The molecule has 0 aliphatic rings. The summed E-state index contributed by atoms with van der Waals surface area (Å²) in [7, 11) is -4.02. The number of para-hydroxylation sites is 6. The first-order valence-corrected chi connectivity index (χ1v) is 20.9. The second kappa shape index (κ2) is 12.9. The highest BCUT2D eigenvalue weighted by Crippen LogP contribution is 2.42. The molecule has 0 saturated carbocycles. The van der Waals surface area contributed by atoms with Crippen molar-refractivity contribution in [2.75, 3.05) is 0 Å². The van der Waals surface area contributed by atoms with Crippen molar-refractivity contribution in [3.63, 3.8) is 0 Å². The summed E-state index contributed by atoms with van der Waals surface area (Å²) in [5, 5.41) is 6.41. The molecular formula is C48H30N9OP. The zero-order chi connectivity index (χ0) is 39.1. The van der Waals surface area contributed by atoms with E-state index >= 15 is 4.57 Å². The Hall–Kier alpha value is -7.81. The van der Waals surface area contributed by atoms with E-state index in [0.717, 1.165) is 65.4 Å². The second-order valence-corrected chi connectivity index (χ2v) is 17.0. The first-order chi connectivity index (χ1) is 29.2. The predicted octanol–water partition coefficient (Wildman–Crippen LogP) is 8.99. The third-order valence-electron chi connectivity index (χ3n) is 11.2. The number of aromatic nitrogens is 9. The molecule has 0 aliphatic carbocycles. The van der Waals surface area contributed by atoms with E-state index in [-0.39, 0.29) is 16.3 Å². The van der Waals surface area contributed by atoms with Crippen molar-refractivity contribution >= 4 is 88.9 Å². The van der Waals surface area contributed by atoms with Crippen molar-refractivity contribution < 1.29 is 4.57 Å². The van der Waals surface area contributed by atoms with Gasteiger partial charge >= 0.3 is 0 Å². The van der Waals surface area contributed by atoms with Gasteiger partial charge in [-0.1, -0.05) is 109 Å². The first kappa shape index (κ1) is 33.3. The standard InChI is InChI=1S/C48H30N9OP/c58-59(43-25-28-49-46(52-43)55-37-19-7-1-13-31(37)32-14-2-8-20-38(32)55,44-26-29-50-47(53-44)56-39-21-9-3-15-33(39)34-16-4-10-22-40(34)56)45-27-30-51-48(54-45)57-41-23-11-5-17-35(41)36-18-6-12-24-42(36)57/h1-30H. The maximum Gasteiger partial charge on any atom is 0.235 e. The number of hydrogen-bond acceptors (Lipinski definition) is 7. The van der Waals surface area contributed by atoms with E-state index < -0.39 is 7.14 Å². The van der Waals surface area contributed by atoms with Crippen molar-refractivity contribution in [2.24, 2.45) is 0 Å². The molecule has 0 fully saturated rings. The van der Waals surface area contributed by atoms with Crippen LogP contribution < -0.4 is 16.3 Å². The summed E-state index contributed by atoms with van der Waals surface area (Å²) in [4.78, 5) is 29.9. The van der Waals surface area contributed by atoms with E-state index in [1.807, 2.05) is 86.5 Å². The Morgan fingerprint density at radius 3 is 0.763 bits per heavy atom. The predicted molar refractivity (Wildman–Crippen MR) is 236 cm³/mol. The smallest absolute Gasteiger partial charge is 0.235 e. The van der Waals surface area contributed by atoms with E-state index in [4.69, 9.17) is 29.9 Å². The minimum absolute atomic E-state index is 0.281. The van der Waals surface area contributed by atoms with Crippen LogP contribution in [0.4, 0.5) is 0 Å². The van der Waals surface area contributed by atoms with Gasteiger partial charge in [0.05, 0.1) is 33.1 Å². The molecule has 6 aromatic heterocycles. The van der Waals surface area contributed by atoms with Crippen LogP contribution >= 0.6 is 7.14 Å². The van der Waals surface area contributed by atoms with Crippen LogP contribution in [-0.4, -0.2) is 43.6 Å². The normalized spacial score (nSPS) is 12.1. The monoisotopic (exact) mass is 779 g/mol. The quantitative estimate of drug-likeness (QED) is 0.155. The zero-order valence-electron chi connectivity index (χ0n) is 31.2. The second-order valence-electron chi connectivity index (χ2n) is 14.4. The van der Waals surface area contributed by atoms with E-state index in [2.05, 4.69) is 72.8 Å². The summed E-state index contributed by atoms with van der Waals surface area (Å²) in [5.74, 6) is 1.15. The Kier molecular flexibility index (Phi) is 7.27. The number of benzene rings is 6. The third-order valence-corrected chi connectivity index (χ3v) is 13.9. The maximum absolute atomic E-state index is 16.7. The molecule has 0 spiro atoms.